The third-order valence-electron chi connectivity index (χ3n) is 2.85. The van der Waals surface area contributed by atoms with Crippen molar-refractivity contribution in [2.45, 2.75) is 39.0 Å². The third kappa shape index (κ3) is 3.53. The van der Waals surface area contributed by atoms with E-state index in [2.05, 4.69) is 48.2 Å². The lowest BCUT2D eigenvalue weighted by Gasteiger charge is -2.50. The number of nitrogens with zero attached hydrogens (tertiary/aromatic N) is 1. The Morgan fingerprint density at radius 1 is 1.20 bits per heavy atom. The monoisotopic (exact) mass is 232 g/mol. The van der Waals surface area contributed by atoms with Crippen LogP contribution in [0.25, 0.3) is 0 Å². The maximum absolute atomic E-state index is 3.51. The Morgan fingerprint density at radius 3 is 1.93 bits per heavy atom. The average molecular weight is 232 g/mol. The van der Waals surface area contributed by atoms with Crippen molar-refractivity contribution >= 4 is 10.4 Å². The molecule has 5 heteroatoms. The first-order valence-electron chi connectivity index (χ1n) is 5.68. The Balaban J connectivity index is 5.00. The molecule has 1 atom stereocenters. The molecule has 0 aliphatic heterocycles. The van der Waals surface area contributed by atoms with Gasteiger partial charge in [-0.3, -0.25) is 10.2 Å². The second-order valence-corrected chi connectivity index (χ2v) is 5.31. The molecule has 15 heavy (non-hydrogen) atoms. The molecule has 0 spiro atoms. The van der Waals surface area contributed by atoms with Gasteiger partial charge in [-0.15, -0.1) is 0 Å². The molecule has 0 saturated heterocycles. The Kier molecular flexibility index (Phi) is 5.98. The van der Waals surface area contributed by atoms with Crippen LogP contribution >= 0.6 is 0 Å². The Bertz CT molecular complexity index is 175. The topological polar surface area (TPSA) is 39.3 Å². The van der Waals surface area contributed by atoms with Crippen LogP contribution in [-0.4, -0.2) is 53.8 Å². The van der Waals surface area contributed by atoms with E-state index < -0.39 is 0 Å². The van der Waals surface area contributed by atoms with Crippen LogP contribution < -0.4 is 15.6 Å². The van der Waals surface area contributed by atoms with Crippen molar-refractivity contribution in [2.24, 2.45) is 0 Å². The van der Waals surface area contributed by atoms with Crippen molar-refractivity contribution in [3.8, 4) is 0 Å². The van der Waals surface area contributed by atoms with Crippen LogP contribution in [0.3, 0.4) is 0 Å². The van der Waals surface area contributed by atoms with Gasteiger partial charge in [-0.1, -0.05) is 6.92 Å². The molecule has 0 amide bonds. The van der Waals surface area contributed by atoms with E-state index >= 15 is 0 Å². The second kappa shape index (κ2) is 5.96. The first kappa shape index (κ1) is 15.1. The van der Waals surface area contributed by atoms with Crippen molar-refractivity contribution < 1.29 is 0 Å². The molecule has 4 nitrogen and oxygen atoms in total. The molecule has 0 fully saturated rings. The Hall–Kier alpha value is 0.0569. The fourth-order valence-corrected chi connectivity index (χ4v) is 2.94. The molecule has 1 unspecified atom stereocenters. The minimum atomic E-state index is -0.131. The SMILES string of the molecule is CCN(C(C)(C)C)C(CNC)(NC)N[SiH3]. The molecule has 3 N–H and O–H groups in total. The highest BCUT2D eigenvalue weighted by molar-refractivity contribution is 6.04. The number of nitrogens with one attached hydrogen (secondary N) is 3. The predicted octanol–water partition coefficient (Wildman–Crippen LogP) is -0.931. The second-order valence-electron chi connectivity index (χ2n) is 4.81. The highest BCUT2D eigenvalue weighted by Crippen LogP contribution is 2.20. The minimum absolute atomic E-state index is 0.131. The first-order chi connectivity index (χ1) is 6.87. The van der Waals surface area contributed by atoms with Gasteiger partial charge in [0.25, 0.3) is 0 Å². The molecule has 0 bridgehead atoms. The van der Waals surface area contributed by atoms with E-state index in [1.54, 1.807) is 0 Å². The van der Waals surface area contributed by atoms with Gasteiger partial charge < -0.3 is 10.3 Å². The van der Waals surface area contributed by atoms with Crippen LogP contribution in [-0.2, 0) is 0 Å². The zero-order valence-electron chi connectivity index (χ0n) is 11.4. The summed E-state index contributed by atoms with van der Waals surface area (Å²) in [6.07, 6.45) is 0. The number of rotatable bonds is 6. The number of hydrogen-bond donors (Lipinski definition) is 3. The van der Waals surface area contributed by atoms with Crippen LogP contribution in [0.1, 0.15) is 27.7 Å². The molecule has 0 heterocycles. The molecular weight excluding hydrogens is 204 g/mol. The van der Waals surface area contributed by atoms with Crippen molar-refractivity contribution in [2.75, 3.05) is 27.2 Å². The van der Waals surface area contributed by atoms with E-state index in [9.17, 15) is 0 Å². The van der Waals surface area contributed by atoms with Gasteiger partial charge in [0.1, 0.15) is 5.79 Å². The quantitative estimate of drug-likeness (QED) is 0.409. The van der Waals surface area contributed by atoms with Crippen LogP contribution in [0.15, 0.2) is 0 Å². The third-order valence-corrected chi connectivity index (χ3v) is 3.67. The molecule has 0 aromatic heterocycles. The molecule has 0 aliphatic rings. The van der Waals surface area contributed by atoms with E-state index in [1.807, 2.05) is 14.1 Å². The summed E-state index contributed by atoms with van der Waals surface area (Å²) in [5.74, 6) is -0.131. The molecule has 0 aromatic carbocycles. The van der Waals surface area contributed by atoms with Crippen molar-refractivity contribution in [1.82, 2.24) is 20.5 Å². The lowest BCUT2D eigenvalue weighted by atomic mass is 10.0. The van der Waals surface area contributed by atoms with E-state index in [4.69, 9.17) is 0 Å². The van der Waals surface area contributed by atoms with Gasteiger partial charge in [0.2, 0.25) is 0 Å². The largest absolute Gasteiger partial charge is 0.316 e. The Labute approximate surface area is 97.7 Å². The average Bonchev–Trinajstić information content (AvgIpc) is 2.15. The molecule has 92 valence electrons. The molecule has 0 radical (unpaired) electrons. The molecule has 0 aromatic rings. The van der Waals surface area contributed by atoms with Gasteiger partial charge in [0.05, 0.1) is 10.4 Å². The van der Waals surface area contributed by atoms with Crippen LogP contribution in [0.4, 0.5) is 0 Å². The summed E-state index contributed by atoms with van der Waals surface area (Å²) < 4.78 is 0. The minimum Gasteiger partial charge on any atom is -0.316 e. The molecule has 0 saturated carbocycles. The van der Waals surface area contributed by atoms with Crippen molar-refractivity contribution in [3.63, 3.8) is 0 Å². The molecular formula is C10H28N4Si. The van der Waals surface area contributed by atoms with E-state index in [0.717, 1.165) is 23.5 Å². The van der Waals surface area contributed by atoms with Crippen molar-refractivity contribution in [3.05, 3.63) is 0 Å². The summed E-state index contributed by atoms with van der Waals surface area (Å²) >= 11 is 0. The van der Waals surface area contributed by atoms with Gasteiger partial charge in [-0.2, -0.15) is 0 Å². The maximum atomic E-state index is 3.51. The highest BCUT2D eigenvalue weighted by Gasteiger charge is 2.38. The lowest BCUT2D eigenvalue weighted by Crippen LogP contribution is -2.74. The molecule has 0 aliphatic carbocycles. The van der Waals surface area contributed by atoms with E-state index in [1.165, 1.54) is 0 Å². The van der Waals surface area contributed by atoms with Crippen LogP contribution in [0.5, 0.6) is 0 Å². The predicted molar refractivity (Wildman–Crippen MR) is 70.9 cm³/mol. The normalized spacial score (nSPS) is 17.0. The smallest absolute Gasteiger partial charge is 0.132 e. The number of likely N-dealkylation sites (N-methyl/N-ethyl adjacent to an activating group) is 3. The summed E-state index contributed by atoms with van der Waals surface area (Å²) in [5.41, 5.74) is 0.145. The summed E-state index contributed by atoms with van der Waals surface area (Å²) in [6, 6.07) is 0. The number of hydrogen-bond acceptors (Lipinski definition) is 4. The van der Waals surface area contributed by atoms with Gasteiger partial charge in [0, 0.05) is 12.1 Å². The maximum Gasteiger partial charge on any atom is 0.132 e. The summed E-state index contributed by atoms with van der Waals surface area (Å²) in [5, 5.41) is 6.66. The lowest BCUT2D eigenvalue weighted by molar-refractivity contribution is -0.0166. The summed E-state index contributed by atoms with van der Waals surface area (Å²) in [7, 11) is 4.96. The van der Waals surface area contributed by atoms with Gasteiger partial charge in [0.15, 0.2) is 0 Å². The van der Waals surface area contributed by atoms with E-state index in [-0.39, 0.29) is 11.3 Å². The molecule has 0 rings (SSSR count). The van der Waals surface area contributed by atoms with Crippen LogP contribution in [0.2, 0.25) is 0 Å². The summed E-state index contributed by atoms with van der Waals surface area (Å²) in [4.78, 5) is 5.96. The standard InChI is InChI=1S/C10H28N4Si/c1-7-14(9(2,3)4)10(12-6,13-15)8-11-5/h11-13H,7-8H2,1-6,15H3. The van der Waals surface area contributed by atoms with Gasteiger partial charge in [-0.05, 0) is 41.4 Å². The fourth-order valence-electron chi connectivity index (χ4n) is 2.24. The van der Waals surface area contributed by atoms with Gasteiger partial charge >= 0.3 is 0 Å². The van der Waals surface area contributed by atoms with E-state index in [0.29, 0.717) is 0 Å². The van der Waals surface area contributed by atoms with Gasteiger partial charge in [-0.25, -0.2) is 0 Å². The first-order valence-corrected chi connectivity index (χ1v) is 6.68. The van der Waals surface area contributed by atoms with Crippen LogP contribution in [0, 0.1) is 0 Å². The zero-order valence-corrected chi connectivity index (χ0v) is 13.4. The Morgan fingerprint density at radius 2 is 1.73 bits per heavy atom. The highest BCUT2D eigenvalue weighted by atomic mass is 28.2. The summed E-state index contributed by atoms with van der Waals surface area (Å²) in [6.45, 7) is 10.8. The fraction of sp³-hybridized carbons (Fsp3) is 1.00. The zero-order chi connectivity index (χ0) is 12.1. The van der Waals surface area contributed by atoms with Crippen molar-refractivity contribution in [1.29, 1.82) is 0 Å².